The number of benzene rings is 3. The van der Waals surface area contributed by atoms with Crippen LogP contribution in [0.25, 0.3) is 0 Å². The average Bonchev–Trinajstić information content (AvgIpc) is 2.79. The number of carbonyl (C=O) groups is 1. The average molecular weight is 481 g/mol. The van der Waals surface area contributed by atoms with Gasteiger partial charge < -0.3 is 15.7 Å². The number of carbonyl (C=O) groups excluding carboxylic acids is 1. The van der Waals surface area contributed by atoms with Crippen LogP contribution < -0.4 is 10.6 Å². The highest BCUT2D eigenvalue weighted by atomic mass is 19.1. The molecule has 3 aromatic rings. The van der Waals surface area contributed by atoms with Crippen LogP contribution in [-0.4, -0.2) is 29.7 Å². The van der Waals surface area contributed by atoms with E-state index in [1.165, 1.54) is 17.7 Å². The molecule has 2 atom stereocenters. The molecule has 0 heterocycles. The highest BCUT2D eigenvalue weighted by Gasteiger charge is 2.22. The first-order valence-electron chi connectivity index (χ1n) is 12.0. The molecule has 0 fully saturated rings. The molecule has 0 unspecified atom stereocenters. The van der Waals surface area contributed by atoms with Crippen LogP contribution in [0.5, 0.6) is 0 Å². The summed E-state index contributed by atoms with van der Waals surface area (Å²) in [6, 6.07) is 18.4. The number of rotatable bonds is 11. The summed E-state index contributed by atoms with van der Waals surface area (Å²) in [5.74, 6) is -1.25. The van der Waals surface area contributed by atoms with Crippen LogP contribution in [0.4, 0.5) is 8.78 Å². The number of aryl methyl sites for hydroxylation is 1. The molecule has 0 saturated heterocycles. The van der Waals surface area contributed by atoms with Gasteiger partial charge in [-0.15, -0.1) is 0 Å². The fraction of sp³-hybridized carbons (Fsp3) is 0.345. The molecular formula is C29H34F2N2O2. The van der Waals surface area contributed by atoms with Crippen molar-refractivity contribution < 1.29 is 18.7 Å². The molecule has 3 aromatic carbocycles. The lowest BCUT2D eigenvalue weighted by molar-refractivity contribution is -0.122. The second-order valence-electron chi connectivity index (χ2n) is 9.41. The van der Waals surface area contributed by atoms with Crippen LogP contribution in [0, 0.1) is 18.6 Å². The van der Waals surface area contributed by atoms with E-state index in [2.05, 4.69) is 24.5 Å². The van der Waals surface area contributed by atoms with Gasteiger partial charge in [-0.2, -0.15) is 0 Å². The van der Waals surface area contributed by atoms with Crippen molar-refractivity contribution in [1.29, 1.82) is 0 Å². The first-order valence-corrected chi connectivity index (χ1v) is 12.0. The zero-order valence-electron chi connectivity index (χ0n) is 20.5. The van der Waals surface area contributed by atoms with Gasteiger partial charge in [0.25, 0.3) is 0 Å². The van der Waals surface area contributed by atoms with Crippen molar-refractivity contribution in [3.05, 3.63) is 106 Å². The number of halogens is 2. The van der Waals surface area contributed by atoms with Gasteiger partial charge in [0.2, 0.25) is 5.91 Å². The quantitative estimate of drug-likeness (QED) is 0.369. The maximum atomic E-state index is 13.7. The first kappa shape index (κ1) is 26.5. The summed E-state index contributed by atoms with van der Waals surface area (Å²) in [6.07, 6.45) is -0.713. The van der Waals surface area contributed by atoms with Gasteiger partial charge >= 0.3 is 0 Å². The minimum atomic E-state index is -0.959. The molecule has 4 nitrogen and oxygen atoms in total. The maximum absolute atomic E-state index is 13.7. The van der Waals surface area contributed by atoms with Crippen LogP contribution in [0.3, 0.4) is 0 Å². The lowest BCUT2D eigenvalue weighted by atomic mass is 9.99. The molecule has 0 aliphatic rings. The summed E-state index contributed by atoms with van der Waals surface area (Å²) in [5.41, 5.74) is 4.65. The van der Waals surface area contributed by atoms with Gasteiger partial charge in [-0.3, -0.25) is 4.79 Å². The minimum Gasteiger partial charge on any atom is -0.390 e. The molecule has 35 heavy (non-hydrogen) atoms. The second kappa shape index (κ2) is 12.6. The van der Waals surface area contributed by atoms with E-state index in [4.69, 9.17) is 0 Å². The molecule has 0 bridgehead atoms. The highest BCUT2D eigenvalue weighted by molar-refractivity contribution is 5.79. The van der Waals surface area contributed by atoms with E-state index in [9.17, 15) is 18.7 Å². The molecule has 0 aromatic heterocycles. The van der Waals surface area contributed by atoms with E-state index in [-0.39, 0.29) is 25.3 Å². The largest absolute Gasteiger partial charge is 0.390 e. The molecule has 1 amide bonds. The summed E-state index contributed by atoms with van der Waals surface area (Å²) < 4.78 is 27.5. The van der Waals surface area contributed by atoms with E-state index in [0.717, 1.165) is 22.8 Å². The van der Waals surface area contributed by atoms with Gasteiger partial charge in [-0.25, -0.2) is 8.78 Å². The Balaban J connectivity index is 1.65. The van der Waals surface area contributed by atoms with Crippen LogP contribution >= 0.6 is 0 Å². The Bertz CT molecular complexity index is 1080. The van der Waals surface area contributed by atoms with E-state index >= 15 is 0 Å². The van der Waals surface area contributed by atoms with Gasteiger partial charge in [-0.05, 0) is 53.6 Å². The number of hydrogen-bond acceptors (Lipinski definition) is 3. The minimum absolute atomic E-state index is 0.0973. The summed E-state index contributed by atoms with van der Waals surface area (Å²) in [4.78, 5) is 12.8. The molecule has 0 aliphatic carbocycles. The van der Waals surface area contributed by atoms with Crippen molar-refractivity contribution in [2.45, 2.75) is 58.2 Å². The Morgan fingerprint density at radius 3 is 2.09 bits per heavy atom. The molecule has 186 valence electrons. The molecular weight excluding hydrogens is 446 g/mol. The first-order chi connectivity index (χ1) is 16.7. The summed E-state index contributed by atoms with van der Waals surface area (Å²) in [6.45, 7) is 6.99. The smallest absolute Gasteiger partial charge is 0.224 e. The maximum Gasteiger partial charge on any atom is 0.224 e. The zero-order valence-corrected chi connectivity index (χ0v) is 20.5. The zero-order chi connectivity index (χ0) is 25.4. The van der Waals surface area contributed by atoms with Gasteiger partial charge in [-0.1, -0.05) is 67.9 Å². The molecule has 0 saturated carbocycles. The number of hydrogen-bond donors (Lipinski definition) is 3. The molecule has 3 N–H and O–H groups in total. The normalized spacial score (nSPS) is 13.0. The van der Waals surface area contributed by atoms with Crippen molar-refractivity contribution in [3.63, 3.8) is 0 Å². The SMILES string of the molecule is Cc1ccc(CNC[C@H](O)[C@H](Cc2cc(F)cc(F)c2)NC(=O)Cc2ccc(C(C)C)cc2)cc1. The third-order valence-corrected chi connectivity index (χ3v) is 6.00. The van der Waals surface area contributed by atoms with Crippen LogP contribution in [0.1, 0.15) is 47.6 Å². The standard InChI is InChI=1S/C29H34F2N2O2/c1-19(2)24-10-8-21(9-11-24)15-29(35)33-27(14-23-12-25(30)16-26(31)13-23)28(34)18-32-17-22-6-4-20(3)5-7-22/h4-13,16,19,27-28,32,34H,14-15,17-18H2,1-3H3,(H,33,35)/t27-,28-/m0/s1. The Morgan fingerprint density at radius 1 is 0.886 bits per heavy atom. The molecule has 3 rings (SSSR count). The van der Waals surface area contributed by atoms with Crippen LogP contribution in [0.2, 0.25) is 0 Å². The lowest BCUT2D eigenvalue weighted by Crippen LogP contribution is -2.49. The Labute approximate surface area is 206 Å². The van der Waals surface area contributed by atoms with Gasteiger partial charge in [0.05, 0.1) is 18.6 Å². The molecule has 0 spiro atoms. The Morgan fingerprint density at radius 2 is 1.49 bits per heavy atom. The van der Waals surface area contributed by atoms with E-state index in [1.54, 1.807) is 0 Å². The van der Waals surface area contributed by atoms with E-state index < -0.39 is 23.8 Å². The number of aliphatic hydroxyl groups is 1. The molecule has 6 heteroatoms. The van der Waals surface area contributed by atoms with Crippen molar-refractivity contribution in [3.8, 4) is 0 Å². The van der Waals surface area contributed by atoms with Crippen molar-refractivity contribution >= 4 is 5.91 Å². The Kier molecular flexibility index (Phi) is 9.52. The monoisotopic (exact) mass is 480 g/mol. The number of nitrogens with one attached hydrogen (secondary N) is 2. The van der Waals surface area contributed by atoms with Crippen molar-refractivity contribution in [2.24, 2.45) is 0 Å². The van der Waals surface area contributed by atoms with E-state index in [0.29, 0.717) is 18.0 Å². The number of amides is 1. The molecule has 0 aliphatic heterocycles. The summed E-state index contributed by atoms with van der Waals surface area (Å²) >= 11 is 0. The fourth-order valence-electron chi connectivity index (χ4n) is 3.94. The van der Waals surface area contributed by atoms with Crippen LogP contribution in [-0.2, 0) is 24.2 Å². The lowest BCUT2D eigenvalue weighted by Gasteiger charge is -2.25. The summed E-state index contributed by atoms with van der Waals surface area (Å²) in [5, 5.41) is 17.0. The predicted molar refractivity (Wildman–Crippen MR) is 135 cm³/mol. The van der Waals surface area contributed by atoms with Crippen molar-refractivity contribution in [1.82, 2.24) is 10.6 Å². The van der Waals surface area contributed by atoms with Crippen LogP contribution in [0.15, 0.2) is 66.7 Å². The molecule has 0 radical (unpaired) electrons. The fourth-order valence-corrected chi connectivity index (χ4v) is 3.94. The third kappa shape index (κ3) is 8.57. The Hall–Kier alpha value is -3.09. The second-order valence-corrected chi connectivity index (χ2v) is 9.41. The third-order valence-electron chi connectivity index (χ3n) is 6.00. The van der Waals surface area contributed by atoms with Gasteiger partial charge in [0.15, 0.2) is 0 Å². The topological polar surface area (TPSA) is 61.4 Å². The summed E-state index contributed by atoms with van der Waals surface area (Å²) in [7, 11) is 0. The van der Waals surface area contributed by atoms with Crippen molar-refractivity contribution in [2.75, 3.05) is 6.54 Å². The number of aliphatic hydroxyl groups excluding tert-OH is 1. The van der Waals surface area contributed by atoms with Gasteiger partial charge in [0.1, 0.15) is 11.6 Å². The highest BCUT2D eigenvalue weighted by Crippen LogP contribution is 2.16. The predicted octanol–water partition coefficient (Wildman–Crippen LogP) is 4.82. The van der Waals surface area contributed by atoms with E-state index in [1.807, 2.05) is 55.5 Å². The van der Waals surface area contributed by atoms with Gasteiger partial charge in [0, 0.05) is 19.2 Å².